The second-order valence-corrected chi connectivity index (χ2v) is 6.59. The van der Waals surface area contributed by atoms with Crippen molar-refractivity contribution in [3.8, 4) is 0 Å². The summed E-state index contributed by atoms with van der Waals surface area (Å²) in [7, 11) is 0. The van der Waals surface area contributed by atoms with Crippen LogP contribution in [0.3, 0.4) is 0 Å². The van der Waals surface area contributed by atoms with Gasteiger partial charge in [-0.3, -0.25) is 0 Å². The Morgan fingerprint density at radius 2 is 2.20 bits per heavy atom. The minimum absolute atomic E-state index is 0.137. The van der Waals surface area contributed by atoms with Crippen LogP contribution in [0, 0.1) is 0 Å². The third kappa shape index (κ3) is 1.50. The molecule has 1 N–H and O–H groups in total. The molecule has 0 aromatic heterocycles. The second-order valence-electron chi connectivity index (χ2n) is 1.86. The van der Waals surface area contributed by atoms with Crippen molar-refractivity contribution in [3.63, 3.8) is 0 Å². The van der Waals surface area contributed by atoms with Crippen molar-refractivity contribution in [3.05, 3.63) is 31.6 Å². The van der Waals surface area contributed by atoms with E-state index >= 15 is 0 Å². The molecule has 1 nitrogen and oxygen atoms in total. The van der Waals surface area contributed by atoms with E-state index in [-0.39, 0.29) is 42.2 Å². The number of fused-ring (bicyclic) bond motifs is 2. The van der Waals surface area contributed by atoms with Crippen LogP contribution in [0.4, 0.5) is 0 Å². The van der Waals surface area contributed by atoms with Gasteiger partial charge in [-0.25, -0.2) is 0 Å². The molecule has 0 radical (unpaired) electrons. The van der Waals surface area contributed by atoms with Crippen molar-refractivity contribution in [2.75, 3.05) is 0 Å². The second kappa shape index (κ2) is 3.17. The van der Waals surface area contributed by atoms with Crippen molar-refractivity contribution in [2.45, 2.75) is 0 Å². The first-order valence-electron chi connectivity index (χ1n) is 2.90. The molecule has 54 valence electrons. The van der Waals surface area contributed by atoms with E-state index in [1.54, 1.807) is 3.58 Å². The van der Waals surface area contributed by atoms with Gasteiger partial charge in [0, 0.05) is 0 Å². The first-order chi connectivity index (χ1) is 4.95. The third-order valence-corrected chi connectivity index (χ3v) is 7.73. The van der Waals surface area contributed by atoms with Gasteiger partial charge in [0.2, 0.25) is 0 Å². The van der Waals surface area contributed by atoms with Gasteiger partial charge >= 0.3 is 81.3 Å². The number of rotatable bonds is 0. The van der Waals surface area contributed by atoms with Gasteiger partial charge in [0.25, 0.3) is 0 Å². The fourth-order valence-corrected chi connectivity index (χ4v) is 6.56. The van der Waals surface area contributed by atoms with Crippen LogP contribution in [-0.4, -0.2) is 4.01 Å². The summed E-state index contributed by atoms with van der Waals surface area (Å²) in [5, 5.41) is 0. The van der Waals surface area contributed by atoms with Crippen LogP contribution in [0.15, 0.2) is 31.6 Å². The van der Waals surface area contributed by atoms with Gasteiger partial charge in [-0.05, 0) is 0 Å². The molecule has 0 spiro atoms. The molecule has 10 heavy (non-hydrogen) atoms. The molecule has 0 aromatic rings. The van der Waals surface area contributed by atoms with Gasteiger partial charge in [0.1, 0.15) is 0 Å². The summed E-state index contributed by atoms with van der Waals surface area (Å²) in [4.78, 5) is 0. The Kier molecular flexibility index (Phi) is 2.22. The van der Waals surface area contributed by atoms with Crippen LogP contribution in [0.2, 0.25) is 0 Å². The summed E-state index contributed by atoms with van der Waals surface area (Å²) in [5.74, 6) is 0. The van der Waals surface area contributed by atoms with E-state index in [1.165, 1.54) is 3.70 Å². The van der Waals surface area contributed by atoms with Crippen LogP contribution in [0.1, 0.15) is 0 Å². The summed E-state index contributed by atoms with van der Waals surface area (Å²) in [6, 6.07) is 0. The standard InChI is InChI=1S/C7H6I2N/c1-2-4-7-9-6(3-1)5-8-10-7/h1-5,10H/q-1. The van der Waals surface area contributed by atoms with Crippen LogP contribution in [-0.2, 0) is 0 Å². The zero-order valence-corrected chi connectivity index (χ0v) is 9.46. The van der Waals surface area contributed by atoms with Crippen molar-refractivity contribution < 1.29 is 21.2 Å². The maximum atomic E-state index is 3.46. The molecule has 0 fully saturated rings. The summed E-state index contributed by atoms with van der Waals surface area (Å²) >= 11 is 0.303. The molecule has 0 saturated carbocycles. The average molecular weight is 358 g/mol. The molecular formula is C7H6I2N-. The molecule has 2 heterocycles. The van der Waals surface area contributed by atoms with Gasteiger partial charge in [0.05, 0.1) is 0 Å². The van der Waals surface area contributed by atoms with Crippen LogP contribution in [0.5, 0.6) is 0 Å². The monoisotopic (exact) mass is 358 g/mol. The summed E-state index contributed by atoms with van der Waals surface area (Å²) in [6.45, 7) is 0. The van der Waals surface area contributed by atoms with E-state index in [2.05, 4.69) is 31.8 Å². The van der Waals surface area contributed by atoms with E-state index in [4.69, 9.17) is 0 Å². The maximum absolute atomic E-state index is 3.46. The number of nitrogens with one attached hydrogen (secondary N) is 1. The predicted octanol–water partition coefficient (Wildman–Crippen LogP) is -1.34. The van der Waals surface area contributed by atoms with Crippen LogP contribution in [0.25, 0.3) is 0 Å². The molecule has 3 heteroatoms. The van der Waals surface area contributed by atoms with E-state index in [0.717, 1.165) is 0 Å². The third-order valence-electron chi connectivity index (χ3n) is 1.12. The van der Waals surface area contributed by atoms with Gasteiger partial charge < -0.3 is 0 Å². The summed E-state index contributed by atoms with van der Waals surface area (Å²) in [5.41, 5.74) is 0. The Morgan fingerprint density at radius 3 is 3.20 bits per heavy atom. The molecule has 0 aliphatic carbocycles. The van der Waals surface area contributed by atoms with Crippen molar-refractivity contribution in [1.82, 2.24) is 3.53 Å². The molecule has 2 aliphatic rings. The normalized spacial score (nSPS) is 22.4. The first-order valence-corrected chi connectivity index (χ1v) is 7.38. The number of hydrogen-bond acceptors (Lipinski definition) is 1. The molecule has 0 unspecified atom stereocenters. The van der Waals surface area contributed by atoms with E-state index < -0.39 is 0 Å². The van der Waals surface area contributed by atoms with Crippen molar-refractivity contribution in [2.24, 2.45) is 0 Å². The van der Waals surface area contributed by atoms with Gasteiger partial charge in [-0.15, -0.1) is 0 Å². The van der Waals surface area contributed by atoms with Gasteiger partial charge in [-0.2, -0.15) is 0 Å². The quantitative estimate of drug-likeness (QED) is 0.321. The van der Waals surface area contributed by atoms with Crippen molar-refractivity contribution in [1.29, 1.82) is 0 Å². The molecule has 0 atom stereocenters. The van der Waals surface area contributed by atoms with Crippen LogP contribution < -0.4 is 24.7 Å². The average Bonchev–Trinajstić information content (AvgIpc) is 2.12. The Bertz CT molecular complexity index is 261. The van der Waals surface area contributed by atoms with Crippen LogP contribution >= 0.6 is 21.0 Å². The zero-order valence-electron chi connectivity index (χ0n) is 5.14. The molecule has 2 rings (SSSR count). The SMILES string of the molecule is C1=CC=C2NI=CC(=C1)[I-]2. The molecule has 0 aromatic carbocycles. The Balaban J connectivity index is 2.44. The Labute approximate surface area is 80.6 Å². The molecule has 0 saturated heterocycles. The number of halogens is 2. The fourth-order valence-electron chi connectivity index (χ4n) is 0.706. The molecular weight excluding hydrogens is 352 g/mol. The number of hydrogen-bond donors (Lipinski definition) is 1. The molecule has 2 aliphatic heterocycles. The van der Waals surface area contributed by atoms with Gasteiger partial charge in [-0.1, -0.05) is 0 Å². The Hall–Kier alpha value is 0.350. The molecule has 0 amide bonds. The summed E-state index contributed by atoms with van der Waals surface area (Å²) in [6.07, 6.45) is 8.72. The predicted molar refractivity (Wildman–Crippen MR) is 48.5 cm³/mol. The van der Waals surface area contributed by atoms with Gasteiger partial charge in [0.15, 0.2) is 0 Å². The Morgan fingerprint density at radius 1 is 1.30 bits per heavy atom. The number of allylic oxidation sites excluding steroid dienone is 5. The minimum atomic E-state index is 0.137. The summed E-state index contributed by atoms with van der Waals surface area (Å²) < 4.78 is 8.93. The first kappa shape index (κ1) is 7.02. The van der Waals surface area contributed by atoms with E-state index in [9.17, 15) is 0 Å². The van der Waals surface area contributed by atoms with Crippen molar-refractivity contribution >= 4 is 25.0 Å². The zero-order chi connectivity index (χ0) is 6.81. The van der Waals surface area contributed by atoms with E-state index in [0.29, 0.717) is 0 Å². The van der Waals surface area contributed by atoms with E-state index in [1.807, 2.05) is 0 Å². The topological polar surface area (TPSA) is 12.0 Å². The fraction of sp³-hybridized carbons (Fsp3) is 0. The molecule has 2 bridgehead atoms.